The average molecular weight is 327 g/mol. The van der Waals surface area contributed by atoms with E-state index in [9.17, 15) is 9.50 Å². The highest BCUT2D eigenvalue weighted by molar-refractivity contribution is 5.55. The third-order valence-electron chi connectivity index (χ3n) is 3.59. The van der Waals surface area contributed by atoms with Gasteiger partial charge in [0.15, 0.2) is 5.76 Å². The molecule has 0 fully saturated rings. The van der Waals surface area contributed by atoms with Crippen LogP contribution in [0.2, 0.25) is 0 Å². The number of hydrogen-bond acceptors (Lipinski definition) is 5. The van der Waals surface area contributed by atoms with Gasteiger partial charge in [0.05, 0.1) is 19.3 Å². The minimum atomic E-state index is -0.288. The molecule has 0 aliphatic carbocycles. The summed E-state index contributed by atoms with van der Waals surface area (Å²) in [6.45, 7) is 1.66. The fraction of sp³-hybridized carbons (Fsp3) is 0.222. The third kappa shape index (κ3) is 4.24. The first-order valence-corrected chi connectivity index (χ1v) is 7.67. The molecule has 3 aromatic rings. The predicted molar refractivity (Wildman–Crippen MR) is 87.3 cm³/mol. The van der Waals surface area contributed by atoms with Crippen LogP contribution in [-0.4, -0.2) is 33.1 Å². The molecule has 0 bridgehead atoms. The summed E-state index contributed by atoms with van der Waals surface area (Å²) in [5.74, 6) is 0.853. The number of oxazole rings is 1. The summed E-state index contributed by atoms with van der Waals surface area (Å²) in [4.78, 5) is 10.4. The molecule has 24 heavy (non-hydrogen) atoms. The Hall–Kier alpha value is -2.57. The van der Waals surface area contributed by atoms with Crippen LogP contribution in [0.4, 0.5) is 4.39 Å². The highest BCUT2D eigenvalue weighted by Gasteiger charge is 2.12. The molecule has 3 rings (SSSR count). The van der Waals surface area contributed by atoms with Gasteiger partial charge < -0.3 is 9.52 Å². The second-order valence-corrected chi connectivity index (χ2v) is 5.42. The number of aromatic nitrogens is 2. The fourth-order valence-electron chi connectivity index (χ4n) is 2.43. The number of aliphatic hydroxyl groups is 1. The van der Waals surface area contributed by atoms with Crippen molar-refractivity contribution in [2.75, 3.05) is 13.2 Å². The first-order valence-electron chi connectivity index (χ1n) is 7.67. The molecular weight excluding hydrogens is 309 g/mol. The summed E-state index contributed by atoms with van der Waals surface area (Å²) in [5.41, 5.74) is 1.83. The number of benzene rings is 1. The van der Waals surface area contributed by atoms with E-state index in [2.05, 4.69) is 9.97 Å². The molecule has 0 aliphatic rings. The van der Waals surface area contributed by atoms with Crippen molar-refractivity contribution in [1.29, 1.82) is 0 Å². The Morgan fingerprint density at radius 1 is 1.08 bits per heavy atom. The Morgan fingerprint density at radius 2 is 1.92 bits per heavy atom. The lowest BCUT2D eigenvalue weighted by Gasteiger charge is -2.19. The lowest BCUT2D eigenvalue weighted by atomic mass is 10.2. The normalized spacial score (nSPS) is 11.1. The van der Waals surface area contributed by atoms with Gasteiger partial charge in [-0.25, -0.2) is 9.37 Å². The van der Waals surface area contributed by atoms with Crippen LogP contribution in [0.5, 0.6) is 0 Å². The molecule has 2 heterocycles. The van der Waals surface area contributed by atoms with Gasteiger partial charge in [-0.1, -0.05) is 6.07 Å². The summed E-state index contributed by atoms with van der Waals surface area (Å²) in [5, 5.41) is 9.26. The van der Waals surface area contributed by atoms with Gasteiger partial charge in [0, 0.05) is 31.0 Å². The molecule has 1 N–H and O–H groups in total. The van der Waals surface area contributed by atoms with Crippen molar-refractivity contribution in [2.24, 2.45) is 0 Å². The lowest BCUT2D eigenvalue weighted by molar-refractivity contribution is 0.172. The number of rotatable bonds is 7. The zero-order valence-electron chi connectivity index (χ0n) is 13.1. The van der Waals surface area contributed by atoms with Gasteiger partial charge in [-0.15, -0.1) is 0 Å². The molecule has 0 saturated heterocycles. The Morgan fingerprint density at radius 3 is 2.62 bits per heavy atom. The summed E-state index contributed by atoms with van der Waals surface area (Å²) < 4.78 is 18.7. The molecule has 0 radical (unpaired) electrons. The van der Waals surface area contributed by atoms with Crippen LogP contribution in [0.1, 0.15) is 11.5 Å². The summed E-state index contributed by atoms with van der Waals surface area (Å²) in [7, 11) is 0. The van der Waals surface area contributed by atoms with Gasteiger partial charge in [-0.2, -0.15) is 0 Å². The maximum Gasteiger partial charge on any atom is 0.209 e. The van der Waals surface area contributed by atoms with Gasteiger partial charge in [-0.05, 0) is 35.9 Å². The van der Waals surface area contributed by atoms with E-state index in [1.807, 2.05) is 17.0 Å². The summed E-state index contributed by atoms with van der Waals surface area (Å²) >= 11 is 0. The zero-order chi connectivity index (χ0) is 16.8. The van der Waals surface area contributed by atoms with Gasteiger partial charge in [0.1, 0.15) is 5.82 Å². The quantitative estimate of drug-likeness (QED) is 0.723. The molecule has 0 unspecified atom stereocenters. The van der Waals surface area contributed by atoms with Gasteiger partial charge in [-0.3, -0.25) is 9.88 Å². The largest absolute Gasteiger partial charge is 0.439 e. The summed E-state index contributed by atoms with van der Waals surface area (Å²) in [6.07, 6.45) is 5.15. The topological polar surface area (TPSA) is 62.4 Å². The number of hydrogen-bond donors (Lipinski definition) is 1. The first-order chi connectivity index (χ1) is 11.7. The van der Waals surface area contributed by atoms with Crippen molar-refractivity contribution in [1.82, 2.24) is 14.9 Å². The predicted octanol–water partition coefficient (Wildman–Crippen LogP) is 2.87. The molecule has 0 saturated carbocycles. The number of pyridine rings is 1. The van der Waals surface area contributed by atoms with E-state index >= 15 is 0 Å². The van der Waals surface area contributed by atoms with Crippen LogP contribution in [0.15, 0.2) is 59.4 Å². The van der Waals surface area contributed by atoms with Gasteiger partial charge in [0.25, 0.3) is 0 Å². The van der Waals surface area contributed by atoms with Crippen LogP contribution < -0.4 is 0 Å². The second kappa shape index (κ2) is 7.81. The molecule has 6 heteroatoms. The molecule has 5 nitrogen and oxygen atoms in total. The molecule has 0 aliphatic heterocycles. The van der Waals surface area contributed by atoms with E-state index in [4.69, 9.17) is 4.42 Å². The van der Waals surface area contributed by atoms with Crippen molar-refractivity contribution in [3.05, 3.63) is 72.3 Å². The van der Waals surface area contributed by atoms with E-state index in [1.54, 1.807) is 30.7 Å². The van der Waals surface area contributed by atoms with Crippen LogP contribution in [0, 0.1) is 5.82 Å². The Bertz CT molecular complexity index is 759. The average Bonchev–Trinajstić information content (AvgIpc) is 3.05. The molecular formula is C18H18FN3O2. The highest BCUT2D eigenvalue weighted by Crippen LogP contribution is 2.21. The van der Waals surface area contributed by atoms with Crippen LogP contribution in [-0.2, 0) is 13.1 Å². The van der Waals surface area contributed by atoms with E-state index in [0.717, 1.165) is 11.1 Å². The minimum Gasteiger partial charge on any atom is -0.439 e. The van der Waals surface area contributed by atoms with Crippen LogP contribution >= 0.6 is 0 Å². The van der Waals surface area contributed by atoms with Gasteiger partial charge >= 0.3 is 0 Å². The Balaban J connectivity index is 1.70. The molecule has 2 aromatic heterocycles. The third-order valence-corrected chi connectivity index (χ3v) is 3.59. The number of halogens is 1. The first kappa shape index (κ1) is 16.3. The van der Waals surface area contributed by atoms with Crippen LogP contribution in [0.3, 0.4) is 0 Å². The van der Waals surface area contributed by atoms with Crippen molar-refractivity contribution >= 4 is 0 Å². The molecule has 1 aromatic carbocycles. The van der Waals surface area contributed by atoms with E-state index < -0.39 is 0 Å². The van der Waals surface area contributed by atoms with E-state index in [0.29, 0.717) is 31.3 Å². The van der Waals surface area contributed by atoms with Crippen molar-refractivity contribution in [3.8, 4) is 11.3 Å². The molecule has 124 valence electrons. The Labute approximate surface area is 139 Å². The van der Waals surface area contributed by atoms with Crippen LogP contribution in [0.25, 0.3) is 11.3 Å². The lowest BCUT2D eigenvalue weighted by Crippen LogP contribution is -2.26. The van der Waals surface area contributed by atoms with E-state index in [-0.39, 0.29) is 12.4 Å². The Kier molecular flexibility index (Phi) is 5.30. The SMILES string of the molecule is OCCN(Cc1cccnc1)Cc1ncc(-c2ccc(F)cc2)o1. The maximum absolute atomic E-state index is 13.0. The minimum absolute atomic E-state index is 0.0474. The molecule has 0 spiro atoms. The maximum atomic E-state index is 13.0. The second-order valence-electron chi connectivity index (χ2n) is 5.42. The highest BCUT2D eigenvalue weighted by atomic mass is 19.1. The van der Waals surface area contributed by atoms with Crippen molar-refractivity contribution in [2.45, 2.75) is 13.1 Å². The van der Waals surface area contributed by atoms with E-state index in [1.165, 1.54) is 12.1 Å². The number of nitrogens with zero attached hydrogens (tertiary/aromatic N) is 3. The fourth-order valence-corrected chi connectivity index (χ4v) is 2.43. The van der Waals surface area contributed by atoms with Crippen molar-refractivity contribution in [3.63, 3.8) is 0 Å². The molecule has 0 atom stereocenters. The zero-order valence-corrected chi connectivity index (χ0v) is 13.1. The number of aliphatic hydroxyl groups excluding tert-OH is 1. The standard InChI is InChI=1S/C18H18FN3O2/c19-16-5-3-15(4-6-16)17-11-21-18(24-17)13-22(8-9-23)12-14-2-1-7-20-10-14/h1-7,10-11,23H,8-9,12-13H2. The smallest absolute Gasteiger partial charge is 0.209 e. The van der Waals surface area contributed by atoms with Crippen molar-refractivity contribution < 1.29 is 13.9 Å². The van der Waals surface area contributed by atoms with Gasteiger partial charge in [0.2, 0.25) is 5.89 Å². The summed E-state index contributed by atoms with van der Waals surface area (Å²) in [6, 6.07) is 9.94. The molecule has 0 amide bonds. The monoisotopic (exact) mass is 327 g/mol.